The maximum absolute atomic E-state index is 5.69. The quantitative estimate of drug-likeness (QED) is 0.753. The number of rotatable bonds is 3. The molecule has 14 heavy (non-hydrogen) atoms. The lowest BCUT2D eigenvalue weighted by atomic mass is 10.2. The van der Waals surface area contributed by atoms with Crippen LogP contribution in [0.25, 0.3) is 0 Å². The van der Waals surface area contributed by atoms with E-state index in [1.54, 1.807) is 16.0 Å². The van der Waals surface area contributed by atoms with Crippen LogP contribution < -0.4 is 0 Å². The average molecular weight is 229 g/mol. The van der Waals surface area contributed by atoms with Crippen molar-refractivity contribution in [3.8, 4) is 0 Å². The van der Waals surface area contributed by atoms with E-state index in [0.29, 0.717) is 18.2 Å². The average Bonchev–Trinajstić information content (AvgIpc) is 2.77. The first-order valence-corrected chi connectivity index (χ1v) is 5.61. The van der Waals surface area contributed by atoms with Crippen molar-refractivity contribution in [1.82, 2.24) is 20.2 Å². The standard InChI is InChI=1S/C8H9ClN4S/c1-6-4-14-5-7(6)3-13-8(2-9)10-11-12-13/h4-5H,2-3H2,1H3. The van der Waals surface area contributed by atoms with Crippen LogP contribution in [0.3, 0.4) is 0 Å². The summed E-state index contributed by atoms with van der Waals surface area (Å²) in [6, 6.07) is 0. The predicted octanol–water partition coefficient (Wildman–Crippen LogP) is 1.83. The highest BCUT2D eigenvalue weighted by atomic mass is 35.5. The molecular weight excluding hydrogens is 220 g/mol. The molecule has 6 heteroatoms. The molecule has 0 aliphatic heterocycles. The fourth-order valence-corrected chi connectivity index (χ4v) is 2.19. The van der Waals surface area contributed by atoms with Crippen LogP contribution in [0.5, 0.6) is 0 Å². The van der Waals surface area contributed by atoms with Crippen LogP contribution in [-0.4, -0.2) is 20.2 Å². The number of aryl methyl sites for hydroxylation is 1. The third-order valence-corrected chi connectivity index (χ3v) is 3.16. The van der Waals surface area contributed by atoms with E-state index >= 15 is 0 Å². The van der Waals surface area contributed by atoms with Crippen molar-refractivity contribution in [2.45, 2.75) is 19.3 Å². The van der Waals surface area contributed by atoms with E-state index in [0.717, 1.165) is 0 Å². The van der Waals surface area contributed by atoms with E-state index in [4.69, 9.17) is 11.6 Å². The first-order valence-electron chi connectivity index (χ1n) is 4.14. The second-order valence-electron chi connectivity index (χ2n) is 2.97. The van der Waals surface area contributed by atoms with Gasteiger partial charge in [-0.3, -0.25) is 0 Å². The molecule has 0 saturated heterocycles. The van der Waals surface area contributed by atoms with Gasteiger partial charge in [0.1, 0.15) is 0 Å². The molecule has 0 spiro atoms. The highest BCUT2D eigenvalue weighted by Crippen LogP contribution is 2.15. The van der Waals surface area contributed by atoms with Crippen molar-refractivity contribution in [3.63, 3.8) is 0 Å². The molecular formula is C8H9ClN4S. The zero-order chi connectivity index (χ0) is 9.97. The van der Waals surface area contributed by atoms with Gasteiger partial charge in [-0.15, -0.1) is 16.7 Å². The van der Waals surface area contributed by atoms with E-state index < -0.39 is 0 Å². The predicted molar refractivity (Wildman–Crippen MR) is 55.5 cm³/mol. The van der Waals surface area contributed by atoms with Gasteiger partial charge in [-0.25, -0.2) is 4.68 Å². The maximum atomic E-state index is 5.69. The first-order chi connectivity index (χ1) is 6.81. The van der Waals surface area contributed by atoms with E-state index in [1.807, 2.05) is 0 Å². The Hall–Kier alpha value is -0.940. The van der Waals surface area contributed by atoms with Gasteiger partial charge in [0.05, 0.1) is 12.4 Å². The third kappa shape index (κ3) is 1.78. The normalized spacial score (nSPS) is 10.7. The van der Waals surface area contributed by atoms with Crippen molar-refractivity contribution in [3.05, 3.63) is 27.7 Å². The lowest BCUT2D eigenvalue weighted by Crippen LogP contribution is -2.05. The number of alkyl halides is 1. The first kappa shape index (κ1) is 9.61. The second kappa shape index (κ2) is 4.06. The van der Waals surface area contributed by atoms with Crippen LogP contribution in [0.4, 0.5) is 0 Å². The summed E-state index contributed by atoms with van der Waals surface area (Å²) in [7, 11) is 0. The third-order valence-electron chi connectivity index (χ3n) is 2.01. The van der Waals surface area contributed by atoms with Crippen molar-refractivity contribution >= 4 is 22.9 Å². The molecule has 74 valence electrons. The lowest BCUT2D eigenvalue weighted by Gasteiger charge is -2.01. The van der Waals surface area contributed by atoms with Gasteiger partial charge in [0.25, 0.3) is 0 Å². The molecule has 0 radical (unpaired) electrons. The van der Waals surface area contributed by atoms with Crippen molar-refractivity contribution in [2.24, 2.45) is 0 Å². The van der Waals surface area contributed by atoms with E-state index in [9.17, 15) is 0 Å². The lowest BCUT2D eigenvalue weighted by molar-refractivity contribution is 0.630. The number of hydrogen-bond acceptors (Lipinski definition) is 4. The molecule has 0 bridgehead atoms. The molecule has 0 aliphatic rings. The molecule has 0 saturated carbocycles. The minimum absolute atomic E-state index is 0.343. The van der Waals surface area contributed by atoms with Crippen molar-refractivity contribution in [1.29, 1.82) is 0 Å². The van der Waals surface area contributed by atoms with Gasteiger partial charge >= 0.3 is 0 Å². The second-order valence-corrected chi connectivity index (χ2v) is 3.98. The SMILES string of the molecule is Cc1cscc1Cn1nnnc1CCl. The van der Waals surface area contributed by atoms with Gasteiger partial charge in [0.2, 0.25) is 0 Å². The van der Waals surface area contributed by atoms with E-state index in [-0.39, 0.29) is 0 Å². The molecule has 0 atom stereocenters. The van der Waals surface area contributed by atoms with Crippen molar-refractivity contribution < 1.29 is 0 Å². The summed E-state index contributed by atoms with van der Waals surface area (Å²) < 4.78 is 1.72. The van der Waals surface area contributed by atoms with Gasteiger partial charge < -0.3 is 0 Å². The number of nitrogens with zero attached hydrogens (tertiary/aromatic N) is 4. The summed E-state index contributed by atoms with van der Waals surface area (Å²) in [5, 5.41) is 15.5. The summed E-state index contributed by atoms with van der Waals surface area (Å²) in [4.78, 5) is 0. The molecule has 4 nitrogen and oxygen atoms in total. The molecule has 0 fully saturated rings. The molecule has 2 rings (SSSR count). The molecule has 0 unspecified atom stereocenters. The molecule has 0 aromatic carbocycles. The highest BCUT2D eigenvalue weighted by molar-refractivity contribution is 7.08. The largest absolute Gasteiger partial charge is 0.224 e. The number of hydrogen-bond donors (Lipinski definition) is 0. The topological polar surface area (TPSA) is 43.6 Å². The van der Waals surface area contributed by atoms with Crippen LogP contribution >= 0.6 is 22.9 Å². The highest BCUT2D eigenvalue weighted by Gasteiger charge is 2.06. The maximum Gasteiger partial charge on any atom is 0.166 e. The van der Waals surface area contributed by atoms with Crippen LogP contribution in [-0.2, 0) is 12.4 Å². The minimum Gasteiger partial charge on any atom is -0.224 e. The fourth-order valence-electron chi connectivity index (χ4n) is 1.15. The van der Waals surface area contributed by atoms with Gasteiger partial charge in [0, 0.05) is 0 Å². The Morgan fingerprint density at radius 2 is 2.36 bits per heavy atom. The number of halogens is 1. The molecule has 2 aromatic heterocycles. The number of aromatic nitrogens is 4. The number of thiophene rings is 1. The Morgan fingerprint density at radius 3 is 3.00 bits per heavy atom. The summed E-state index contributed by atoms with van der Waals surface area (Å²) in [5.74, 6) is 1.05. The Balaban J connectivity index is 2.22. The Kier molecular flexibility index (Phi) is 2.79. The number of tetrazole rings is 1. The molecule has 2 heterocycles. The van der Waals surface area contributed by atoms with Gasteiger partial charge in [-0.2, -0.15) is 11.3 Å². The van der Waals surface area contributed by atoms with E-state index in [2.05, 4.69) is 33.2 Å². The molecule has 0 N–H and O–H groups in total. The monoisotopic (exact) mass is 228 g/mol. The van der Waals surface area contributed by atoms with Crippen LogP contribution in [0.2, 0.25) is 0 Å². The Morgan fingerprint density at radius 1 is 1.50 bits per heavy atom. The fraction of sp³-hybridized carbons (Fsp3) is 0.375. The van der Waals surface area contributed by atoms with Crippen molar-refractivity contribution in [2.75, 3.05) is 0 Å². The Labute approximate surface area is 90.5 Å². The summed E-state index contributed by atoms with van der Waals surface area (Å²) >= 11 is 7.38. The molecule has 2 aromatic rings. The molecule has 0 aliphatic carbocycles. The smallest absolute Gasteiger partial charge is 0.166 e. The zero-order valence-electron chi connectivity index (χ0n) is 7.64. The van der Waals surface area contributed by atoms with E-state index in [1.165, 1.54) is 11.1 Å². The summed E-state index contributed by atoms with van der Waals surface area (Å²) in [5.41, 5.74) is 2.51. The van der Waals surface area contributed by atoms with Gasteiger partial charge in [-0.1, -0.05) is 0 Å². The zero-order valence-corrected chi connectivity index (χ0v) is 9.22. The molecule has 0 amide bonds. The van der Waals surface area contributed by atoms with Gasteiger partial charge in [-0.05, 0) is 39.2 Å². The summed E-state index contributed by atoms with van der Waals surface area (Å²) in [6.45, 7) is 2.78. The van der Waals surface area contributed by atoms with Crippen LogP contribution in [0.1, 0.15) is 17.0 Å². The Bertz CT molecular complexity index is 422. The van der Waals surface area contributed by atoms with Crippen LogP contribution in [0, 0.1) is 6.92 Å². The van der Waals surface area contributed by atoms with Crippen LogP contribution in [0.15, 0.2) is 10.8 Å². The summed E-state index contributed by atoms with van der Waals surface area (Å²) in [6.07, 6.45) is 0. The van der Waals surface area contributed by atoms with Gasteiger partial charge in [0.15, 0.2) is 5.82 Å². The minimum atomic E-state index is 0.343.